The number of urea groups is 1. The van der Waals surface area contributed by atoms with Gasteiger partial charge < -0.3 is 19.7 Å². The number of nitrogens with one attached hydrogen (secondary N) is 1. The van der Waals surface area contributed by atoms with Crippen LogP contribution >= 0.6 is 11.3 Å². The van der Waals surface area contributed by atoms with Crippen LogP contribution in [0, 0.1) is 6.92 Å². The number of amides is 4. The molecule has 3 heterocycles. The summed E-state index contributed by atoms with van der Waals surface area (Å²) in [6.45, 7) is 4.37. The van der Waals surface area contributed by atoms with Gasteiger partial charge in [0.1, 0.15) is 25.3 Å². The smallest absolute Gasteiger partial charge is 0.325 e. The minimum Gasteiger partial charge on any atom is -0.486 e. The Morgan fingerprint density at radius 3 is 2.60 bits per heavy atom. The number of benzene rings is 2. The molecule has 35 heavy (non-hydrogen) atoms. The van der Waals surface area contributed by atoms with E-state index >= 15 is 0 Å². The predicted molar refractivity (Wildman–Crippen MR) is 132 cm³/mol. The van der Waals surface area contributed by atoms with Crippen molar-refractivity contribution in [2.24, 2.45) is 0 Å². The monoisotopic (exact) mass is 491 g/mol. The van der Waals surface area contributed by atoms with Crippen molar-refractivity contribution < 1.29 is 23.9 Å². The maximum absolute atomic E-state index is 13.6. The molecule has 0 saturated carbocycles. The number of aryl methyl sites for hydroxylation is 1. The van der Waals surface area contributed by atoms with Crippen LogP contribution in [0.5, 0.6) is 11.5 Å². The van der Waals surface area contributed by atoms with Crippen molar-refractivity contribution in [2.75, 3.05) is 24.7 Å². The molecule has 0 bridgehead atoms. The highest BCUT2D eigenvalue weighted by atomic mass is 32.1. The Hall–Kier alpha value is -3.85. The number of imide groups is 1. The summed E-state index contributed by atoms with van der Waals surface area (Å²) in [5.41, 5.74) is 0.947. The van der Waals surface area contributed by atoms with Crippen LogP contribution in [0.3, 0.4) is 0 Å². The Labute approximate surface area is 207 Å². The van der Waals surface area contributed by atoms with Crippen LogP contribution in [0.4, 0.5) is 10.5 Å². The highest BCUT2D eigenvalue weighted by molar-refractivity contribution is 7.09. The number of rotatable bonds is 6. The SMILES string of the molecule is Cc1ccccc1C1(C)NC(=O)N(CC(=O)N(Cc2cccs2)c2ccc3c(c2)OCCO3)C1=O. The Morgan fingerprint density at radius 2 is 1.86 bits per heavy atom. The molecule has 180 valence electrons. The number of hydrogen-bond donors (Lipinski definition) is 1. The first-order valence-corrected chi connectivity index (χ1v) is 12.2. The summed E-state index contributed by atoms with van der Waals surface area (Å²) in [5.74, 6) is 0.336. The number of fused-ring (bicyclic) bond motifs is 1. The first-order valence-electron chi connectivity index (χ1n) is 11.3. The maximum atomic E-state index is 13.6. The fourth-order valence-corrected chi connectivity index (χ4v) is 5.15. The van der Waals surface area contributed by atoms with Crippen molar-refractivity contribution in [3.63, 3.8) is 0 Å². The molecule has 1 N–H and O–H groups in total. The number of nitrogens with zero attached hydrogens (tertiary/aromatic N) is 2. The second kappa shape index (κ2) is 9.07. The molecule has 0 aliphatic carbocycles. The molecule has 5 rings (SSSR count). The summed E-state index contributed by atoms with van der Waals surface area (Å²) >= 11 is 1.52. The average Bonchev–Trinajstić information content (AvgIpc) is 3.45. The van der Waals surface area contributed by atoms with Gasteiger partial charge in [0.25, 0.3) is 5.91 Å². The van der Waals surface area contributed by atoms with Crippen LogP contribution in [-0.2, 0) is 21.7 Å². The molecular weight excluding hydrogens is 466 g/mol. The Kier molecular flexibility index (Phi) is 5.94. The van der Waals surface area contributed by atoms with Crippen LogP contribution in [0.1, 0.15) is 22.9 Å². The van der Waals surface area contributed by atoms with Gasteiger partial charge in [0.15, 0.2) is 11.5 Å². The number of hydrogen-bond acceptors (Lipinski definition) is 6. The van der Waals surface area contributed by atoms with Crippen LogP contribution in [-0.4, -0.2) is 42.5 Å². The summed E-state index contributed by atoms with van der Waals surface area (Å²) in [4.78, 5) is 43.4. The molecule has 1 saturated heterocycles. The minimum absolute atomic E-state index is 0.300. The van der Waals surface area contributed by atoms with E-state index in [-0.39, 0.29) is 12.5 Å². The van der Waals surface area contributed by atoms with Gasteiger partial charge in [0, 0.05) is 16.6 Å². The fraction of sp³-hybridized carbons (Fsp3) is 0.269. The molecule has 9 heteroatoms. The zero-order chi connectivity index (χ0) is 24.6. The van der Waals surface area contributed by atoms with E-state index in [1.807, 2.05) is 48.7 Å². The van der Waals surface area contributed by atoms with Gasteiger partial charge in [-0.05, 0) is 48.6 Å². The number of carbonyl (C=O) groups excluding carboxylic acids is 3. The third-order valence-corrected chi connectivity index (χ3v) is 7.15. The third-order valence-electron chi connectivity index (χ3n) is 6.28. The quantitative estimate of drug-likeness (QED) is 0.530. The molecule has 0 radical (unpaired) electrons. The molecule has 1 unspecified atom stereocenters. The van der Waals surface area contributed by atoms with Gasteiger partial charge in [-0.3, -0.25) is 14.5 Å². The Balaban J connectivity index is 1.43. The zero-order valence-electron chi connectivity index (χ0n) is 19.4. The average molecular weight is 492 g/mol. The van der Waals surface area contributed by atoms with Gasteiger partial charge in [-0.15, -0.1) is 11.3 Å². The van der Waals surface area contributed by atoms with Gasteiger partial charge >= 0.3 is 6.03 Å². The van der Waals surface area contributed by atoms with Gasteiger partial charge in [-0.2, -0.15) is 0 Å². The first kappa shape index (κ1) is 22.9. The van der Waals surface area contributed by atoms with E-state index in [9.17, 15) is 14.4 Å². The van der Waals surface area contributed by atoms with Gasteiger partial charge in [-0.25, -0.2) is 4.79 Å². The first-order chi connectivity index (χ1) is 16.9. The summed E-state index contributed by atoms with van der Waals surface area (Å²) in [6.07, 6.45) is 0. The number of anilines is 1. The molecule has 2 aliphatic rings. The second-order valence-corrected chi connectivity index (χ2v) is 9.68. The number of ether oxygens (including phenoxy) is 2. The molecule has 1 atom stereocenters. The molecule has 3 aromatic rings. The molecule has 1 fully saturated rings. The van der Waals surface area contributed by atoms with Crippen molar-refractivity contribution in [3.8, 4) is 11.5 Å². The topological polar surface area (TPSA) is 88.2 Å². The largest absolute Gasteiger partial charge is 0.486 e. The van der Waals surface area contributed by atoms with E-state index < -0.39 is 17.5 Å². The van der Waals surface area contributed by atoms with E-state index in [4.69, 9.17) is 9.47 Å². The normalized spacial score (nSPS) is 19.0. The number of thiophene rings is 1. The molecule has 4 amide bonds. The summed E-state index contributed by atoms with van der Waals surface area (Å²) in [5, 5.41) is 4.73. The Bertz CT molecular complexity index is 1290. The number of carbonyl (C=O) groups is 3. The lowest BCUT2D eigenvalue weighted by molar-refractivity contribution is -0.134. The van der Waals surface area contributed by atoms with Crippen molar-refractivity contribution in [1.82, 2.24) is 10.2 Å². The molecule has 8 nitrogen and oxygen atoms in total. The van der Waals surface area contributed by atoms with Crippen molar-refractivity contribution in [1.29, 1.82) is 0 Å². The van der Waals surface area contributed by atoms with Crippen molar-refractivity contribution >= 4 is 34.9 Å². The lowest BCUT2D eigenvalue weighted by Crippen LogP contribution is -2.44. The van der Waals surface area contributed by atoms with E-state index in [1.165, 1.54) is 11.3 Å². The Morgan fingerprint density at radius 1 is 1.09 bits per heavy atom. The maximum Gasteiger partial charge on any atom is 0.325 e. The van der Waals surface area contributed by atoms with Crippen LogP contribution in [0.2, 0.25) is 0 Å². The predicted octanol–water partition coefficient (Wildman–Crippen LogP) is 3.83. The molecule has 1 aromatic heterocycles. The third kappa shape index (κ3) is 4.23. The molecular formula is C26H25N3O5S. The van der Waals surface area contributed by atoms with E-state index in [2.05, 4.69) is 5.32 Å². The van der Waals surface area contributed by atoms with E-state index in [0.717, 1.165) is 15.3 Å². The second-order valence-electron chi connectivity index (χ2n) is 8.65. The van der Waals surface area contributed by atoms with Crippen LogP contribution in [0.25, 0.3) is 0 Å². The summed E-state index contributed by atoms with van der Waals surface area (Å²) in [7, 11) is 0. The fourth-order valence-electron chi connectivity index (χ4n) is 4.46. The summed E-state index contributed by atoms with van der Waals surface area (Å²) in [6, 6.07) is 16.0. The van der Waals surface area contributed by atoms with Gasteiger partial charge in [-0.1, -0.05) is 30.3 Å². The highest BCUT2D eigenvalue weighted by Gasteiger charge is 2.50. The van der Waals surface area contributed by atoms with Crippen molar-refractivity contribution in [2.45, 2.75) is 25.9 Å². The molecule has 2 aromatic carbocycles. The van der Waals surface area contributed by atoms with Crippen LogP contribution < -0.4 is 19.7 Å². The van der Waals surface area contributed by atoms with Crippen molar-refractivity contribution in [3.05, 3.63) is 76.0 Å². The molecule has 0 spiro atoms. The zero-order valence-corrected chi connectivity index (χ0v) is 20.3. The van der Waals surface area contributed by atoms with Gasteiger partial charge in [0.05, 0.1) is 6.54 Å². The molecule has 2 aliphatic heterocycles. The minimum atomic E-state index is -1.24. The lowest BCUT2D eigenvalue weighted by atomic mass is 9.88. The standard InChI is InChI=1S/C26H25N3O5S/c1-17-6-3-4-8-20(17)26(2)24(31)29(25(32)27-26)16-23(30)28(15-19-7-5-13-35-19)18-9-10-21-22(14-18)34-12-11-33-21/h3-10,13-14H,11-12,15-16H2,1-2H3,(H,27,32). The van der Waals surface area contributed by atoms with E-state index in [0.29, 0.717) is 42.5 Å². The van der Waals surface area contributed by atoms with Crippen LogP contribution in [0.15, 0.2) is 60.0 Å². The highest BCUT2D eigenvalue weighted by Crippen LogP contribution is 2.35. The lowest BCUT2D eigenvalue weighted by Gasteiger charge is -2.27. The van der Waals surface area contributed by atoms with Gasteiger partial charge in [0.2, 0.25) is 5.91 Å². The van der Waals surface area contributed by atoms with E-state index in [1.54, 1.807) is 30.0 Å². The summed E-state index contributed by atoms with van der Waals surface area (Å²) < 4.78 is 11.3.